The fourth-order valence-corrected chi connectivity index (χ4v) is 3.77. The SMILES string of the molecule is CC(C)Oc1ccc(CNC(=O)N2CCCC2c2cccs2)cn1. The molecule has 0 bridgehead atoms. The molecule has 0 saturated carbocycles. The van der Waals surface area contributed by atoms with E-state index in [9.17, 15) is 4.79 Å². The quantitative estimate of drug-likeness (QED) is 0.892. The number of ether oxygens (including phenoxy) is 1. The van der Waals surface area contributed by atoms with Gasteiger partial charge in [0.2, 0.25) is 5.88 Å². The van der Waals surface area contributed by atoms with Crippen molar-refractivity contribution in [2.24, 2.45) is 0 Å². The molecule has 0 aromatic carbocycles. The van der Waals surface area contributed by atoms with Crippen LogP contribution in [0.2, 0.25) is 0 Å². The maximum Gasteiger partial charge on any atom is 0.318 e. The molecule has 0 spiro atoms. The number of carbonyl (C=O) groups is 1. The maximum atomic E-state index is 12.5. The molecule has 1 fully saturated rings. The fraction of sp³-hybridized carbons (Fsp3) is 0.444. The van der Waals surface area contributed by atoms with E-state index in [4.69, 9.17) is 4.74 Å². The van der Waals surface area contributed by atoms with Crippen molar-refractivity contribution in [3.8, 4) is 5.88 Å². The van der Waals surface area contributed by atoms with Crippen molar-refractivity contribution in [2.45, 2.75) is 45.4 Å². The molecule has 24 heavy (non-hydrogen) atoms. The third-order valence-electron chi connectivity index (χ3n) is 3.98. The summed E-state index contributed by atoms with van der Waals surface area (Å²) in [5, 5.41) is 5.07. The highest BCUT2D eigenvalue weighted by atomic mass is 32.1. The van der Waals surface area contributed by atoms with Crippen LogP contribution < -0.4 is 10.1 Å². The molecule has 1 atom stereocenters. The molecule has 2 amide bonds. The van der Waals surface area contributed by atoms with Crippen LogP contribution in [0.15, 0.2) is 35.8 Å². The number of rotatable bonds is 5. The number of nitrogens with zero attached hydrogens (tertiary/aromatic N) is 2. The Bertz CT molecular complexity index is 655. The number of nitrogens with one attached hydrogen (secondary N) is 1. The van der Waals surface area contributed by atoms with Crippen LogP contribution in [0, 0.1) is 0 Å². The fourth-order valence-electron chi connectivity index (χ4n) is 2.89. The van der Waals surface area contributed by atoms with E-state index in [1.54, 1.807) is 17.5 Å². The predicted octanol–water partition coefficient (Wildman–Crippen LogP) is 3.98. The van der Waals surface area contributed by atoms with Crippen LogP contribution in [0.4, 0.5) is 4.79 Å². The van der Waals surface area contributed by atoms with Gasteiger partial charge >= 0.3 is 6.03 Å². The van der Waals surface area contributed by atoms with Gasteiger partial charge in [0.05, 0.1) is 12.1 Å². The van der Waals surface area contributed by atoms with Crippen LogP contribution >= 0.6 is 11.3 Å². The summed E-state index contributed by atoms with van der Waals surface area (Å²) in [6.45, 7) is 5.22. The lowest BCUT2D eigenvalue weighted by Crippen LogP contribution is -2.38. The molecule has 1 saturated heterocycles. The van der Waals surface area contributed by atoms with Gasteiger partial charge < -0.3 is 15.0 Å². The molecule has 0 aliphatic carbocycles. The first kappa shape index (κ1) is 16.8. The number of urea groups is 1. The van der Waals surface area contributed by atoms with Gasteiger partial charge in [-0.1, -0.05) is 12.1 Å². The number of hydrogen-bond donors (Lipinski definition) is 1. The number of thiophene rings is 1. The van der Waals surface area contributed by atoms with Crippen LogP contribution in [0.25, 0.3) is 0 Å². The van der Waals surface area contributed by atoms with Crippen LogP contribution in [0.1, 0.15) is 43.2 Å². The minimum absolute atomic E-state index is 0.00610. The zero-order valence-corrected chi connectivity index (χ0v) is 14.9. The van der Waals surface area contributed by atoms with Gasteiger partial charge in [0.15, 0.2) is 0 Å². The summed E-state index contributed by atoms with van der Waals surface area (Å²) < 4.78 is 5.53. The molecule has 6 heteroatoms. The minimum atomic E-state index is -0.00610. The summed E-state index contributed by atoms with van der Waals surface area (Å²) >= 11 is 1.72. The Morgan fingerprint density at radius 3 is 3.00 bits per heavy atom. The Morgan fingerprint density at radius 1 is 1.46 bits per heavy atom. The maximum absolute atomic E-state index is 12.5. The first-order chi connectivity index (χ1) is 11.6. The number of amides is 2. The van der Waals surface area contributed by atoms with Gasteiger partial charge in [-0.2, -0.15) is 0 Å². The Hall–Kier alpha value is -2.08. The smallest absolute Gasteiger partial charge is 0.318 e. The van der Waals surface area contributed by atoms with Crippen molar-refractivity contribution in [3.63, 3.8) is 0 Å². The van der Waals surface area contributed by atoms with E-state index in [1.807, 2.05) is 36.9 Å². The lowest BCUT2D eigenvalue weighted by molar-refractivity contribution is 0.193. The van der Waals surface area contributed by atoms with E-state index in [0.29, 0.717) is 12.4 Å². The molecule has 128 valence electrons. The normalized spacial score (nSPS) is 17.3. The minimum Gasteiger partial charge on any atom is -0.475 e. The number of hydrogen-bond acceptors (Lipinski definition) is 4. The third-order valence-corrected chi connectivity index (χ3v) is 4.96. The molecular weight excluding hydrogens is 322 g/mol. The van der Waals surface area contributed by atoms with E-state index < -0.39 is 0 Å². The monoisotopic (exact) mass is 345 g/mol. The van der Waals surface area contributed by atoms with Gasteiger partial charge in [-0.25, -0.2) is 9.78 Å². The van der Waals surface area contributed by atoms with Crippen LogP contribution in [0.5, 0.6) is 5.88 Å². The van der Waals surface area contributed by atoms with Crippen LogP contribution in [-0.2, 0) is 6.54 Å². The average Bonchev–Trinajstić information content (AvgIpc) is 3.24. The Labute approximate surface area is 146 Å². The summed E-state index contributed by atoms with van der Waals surface area (Å²) in [5.74, 6) is 0.609. The highest BCUT2D eigenvalue weighted by molar-refractivity contribution is 7.10. The van der Waals surface area contributed by atoms with Gasteiger partial charge in [0.1, 0.15) is 0 Å². The van der Waals surface area contributed by atoms with Crippen molar-refractivity contribution in [1.82, 2.24) is 15.2 Å². The second-order valence-corrected chi connectivity index (χ2v) is 7.18. The topological polar surface area (TPSA) is 54.5 Å². The van der Waals surface area contributed by atoms with E-state index >= 15 is 0 Å². The highest BCUT2D eigenvalue weighted by Crippen LogP contribution is 2.34. The summed E-state index contributed by atoms with van der Waals surface area (Å²) in [5.41, 5.74) is 0.964. The second-order valence-electron chi connectivity index (χ2n) is 6.20. The zero-order valence-electron chi connectivity index (χ0n) is 14.1. The standard InChI is InChI=1S/C18H23N3O2S/c1-13(2)23-17-8-7-14(11-19-17)12-20-18(22)21-9-3-5-15(21)16-6-4-10-24-16/h4,6-8,10-11,13,15H,3,5,9,12H2,1-2H3,(H,20,22). The van der Waals surface area contributed by atoms with E-state index in [1.165, 1.54) is 4.88 Å². The molecule has 0 radical (unpaired) electrons. The van der Waals surface area contributed by atoms with Gasteiger partial charge in [0, 0.05) is 30.2 Å². The van der Waals surface area contributed by atoms with Crippen LogP contribution in [0.3, 0.4) is 0 Å². The van der Waals surface area contributed by atoms with Crippen molar-refractivity contribution in [1.29, 1.82) is 0 Å². The molecular formula is C18H23N3O2S. The number of likely N-dealkylation sites (tertiary alicyclic amines) is 1. The summed E-state index contributed by atoms with van der Waals surface area (Å²) in [4.78, 5) is 20.0. The number of pyridine rings is 1. The largest absolute Gasteiger partial charge is 0.475 e. The highest BCUT2D eigenvalue weighted by Gasteiger charge is 2.30. The molecule has 3 rings (SSSR count). The molecule has 5 nitrogen and oxygen atoms in total. The molecule has 1 unspecified atom stereocenters. The molecule has 2 aromatic rings. The average molecular weight is 345 g/mol. The molecule has 1 aliphatic heterocycles. The Balaban J connectivity index is 1.55. The predicted molar refractivity (Wildman–Crippen MR) is 95.2 cm³/mol. The first-order valence-corrected chi connectivity index (χ1v) is 9.21. The van der Waals surface area contributed by atoms with E-state index in [2.05, 4.69) is 21.7 Å². The van der Waals surface area contributed by atoms with Crippen molar-refractivity contribution in [3.05, 3.63) is 46.3 Å². The number of carbonyl (C=O) groups excluding carboxylic acids is 1. The lowest BCUT2D eigenvalue weighted by atomic mass is 10.2. The number of aromatic nitrogens is 1. The van der Waals surface area contributed by atoms with E-state index in [0.717, 1.165) is 24.9 Å². The Morgan fingerprint density at radius 2 is 2.33 bits per heavy atom. The zero-order chi connectivity index (χ0) is 16.9. The summed E-state index contributed by atoms with van der Waals surface area (Å²) in [6.07, 6.45) is 3.95. The van der Waals surface area contributed by atoms with Crippen molar-refractivity contribution >= 4 is 17.4 Å². The lowest BCUT2D eigenvalue weighted by Gasteiger charge is -2.24. The summed E-state index contributed by atoms with van der Waals surface area (Å²) in [7, 11) is 0. The molecule has 2 aromatic heterocycles. The molecule has 1 aliphatic rings. The molecule has 3 heterocycles. The van der Waals surface area contributed by atoms with Gasteiger partial charge in [-0.3, -0.25) is 0 Å². The second kappa shape index (κ2) is 7.66. The Kier molecular flexibility index (Phi) is 5.35. The third kappa shape index (κ3) is 4.06. The molecule has 1 N–H and O–H groups in total. The first-order valence-electron chi connectivity index (χ1n) is 8.33. The van der Waals surface area contributed by atoms with Gasteiger partial charge in [-0.05, 0) is 43.7 Å². The summed E-state index contributed by atoms with van der Waals surface area (Å²) in [6, 6.07) is 8.13. The van der Waals surface area contributed by atoms with E-state index in [-0.39, 0.29) is 18.2 Å². The van der Waals surface area contributed by atoms with Gasteiger partial charge in [-0.15, -0.1) is 11.3 Å². The van der Waals surface area contributed by atoms with Gasteiger partial charge in [0.25, 0.3) is 0 Å². The van der Waals surface area contributed by atoms with Crippen LogP contribution in [-0.4, -0.2) is 28.6 Å². The van der Waals surface area contributed by atoms with Crippen molar-refractivity contribution in [2.75, 3.05) is 6.54 Å². The van der Waals surface area contributed by atoms with Crippen molar-refractivity contribution < 1.29 is 9.53 Å².